The van der Waals surface area contributed by atoms with Gasteiger partial charge in [-0.05, 0) is 23.8 Å². The predicted octanol–water partition coefficient (Wildman–Crippen LogP) is 3.82. The van der Waals surface area contributed by atoms with E-state index in [4.69, 9.17) is 14.5 Å². The van der Waals surface area contributed by atoms with Crippen molar-refractivity contribution in [1.82, 2.24) is 14.8 Å². The lowest BCUT2D eigenvalue weighted by Crippen LogP contribution is -2.47. The third kappa shape index (κ3) is 5.61. The van der Waals surface area contributed by atoms with Gasteiger partial charge >= 0.3 is 0 Å². The lowest BCUT2D eigenvalue weighted by molar-refractivity contribution is -0.127. The highest BCUT2D eigenvalue weighted by atomic mass is 32.1. The normalized spacial score (nSPS) is 15.6. The first-order chi connectivity index (χ1) is 14.3. The molecule has 162 valence electrons. The van der Waals surface area contributed by atoms with Gasteiger partial charge in [-0.3, -0.25) is 9.69 Å². The minimum absolute atomic E-state index is 0.0358. The Kier molecular flexibility index (Phi) is 7.15. The van der Waals surface area contributed by atoms with Crippen LogP contribution in [0.5, 0.6) is 11.5 Å². The average molecular weight is 430 g/mol. The summed E-state index contributed by atoms with van der Waals surface area (Å²) < 4.78 is 10.6. The summed E-state index contributed by atoms with van der Waals surface area (Å²) in [7, 11) is 3.21. The maximum atomic E-state index is 12.6. The van der Waals surface area contributed by atoms with Crippen LogP contribution in [0.3, 0.4) is 0 Å². The fourth-order valence-electron chi connectivity index (χ4n) is 3.28. The second-order valence-electron chi connectivity index (χ2n) is 8.43. The molecular weight excluding hydrogens is 398 g/mol. The first kappa shape index (κ1) is 22.3. The molecule has 0 N–H and O–H groups in total. The van der Waals surface area contributed by atoms with Gasteiger partial charge in [0.2, 0.25) is 5.91 Å². The fraction of sp³-hybridized carbons (Fsp3) is 0.478. The zero-order valence-electron chi connectivity index (χ0n) is 18.5. The summed E-state index contributed by atoms with van der Waals surface area (Å²) in [4.78, 5) is 21.6. The van der Waals surface area contributed by atoms with Crippen molar-refractivity contribution < 1.29 is 14.3 Å². The van der Waals surface area contributed by atoms with Crippen LogP contribution >= 0.6 is 11.3 Å². The molecule has 0 saturated carbocycles. The Morgan fingerprint density at radius 1 is 1.13 bits per heavy atom. The number of rotatable bonds is 6. The largest absolute Gasteiger partial charge is 0.493 e. The number of carbonyl (C=O) groups is 1. The summed E-state index contributed by atoms with van der Waals surface area (Å²) >= 11 is 1.72. The van der Waals surface area contributed by atoms with Crippen LogP contribution in [0.15, 0.2) is 29.7 Å². The Morgan fingerprint density at radius 3 is 2.43 bits per heavy atom. The van der Waals surface area contributed by atoms with E-state index in [2.05, 4.69) is 31.1 Å². The van der Waals surface area contributed by atoms with Crippen molar-refractivity contribution in [1.29, 1.82) is 0 Å². The molecule has 0 unspecified atom stereocenters. The van der Waals surface area contributed by atoms with E-state index < -0.39 is 0 Å². The molecule has 7 heteroatoms. The summed E-state index contributed by atoms with van der Waals surface area (Å²) in [5, 5.41) is 3.31. The van der Waals surface area contributed by atoms with Crippen molar-refractivity contribution in [2.24, 2.45) is 0 Å². The molecule has 2 aromatic rings. The van der Waals surface area contributed by atoms with E-state index >= 15 is 0 Å². The molecule has 30 heavy (non-hydrogen) atoms. The standard InChI is InChI=1S/C23H31N3O3S/c1-23(2,3)20-16-30-21(24-20)15-25-10-12-26(13-11-25)22(27)9-7-17-6-8-18(28-4)19(14-17)29-5/h6-9,14,16H,10-13,15H2,1-5H3/b9-7+. The molecule has 1 aromatic carbocycles. The van der Waals surface area contributed by atoms with Gasteiger partial charge in [0.25, 0.3) is 0 Å². The molecule has 1 saturated heterocycles. The van der Waals surface area contributed by atoms with Crippen LogP contribution in [0.2, 0.25) is 0 Å². The van der Waals surface area contributed by atoms with Crippen LogP contribution < -0.4 is 9.47 Å². The summed E-state index contributed by atoms with van der Waals surface area (Å²) in [5.41, 5.74) is 2.13. The van der Waals surface area contributed by atoms with Crippen LogP contribution in [-0.4, -0.2) is 61.1 Å². The van der Waals surface area contributed by atoms with Gasteiger partial charge in [-0.25, -0.2) is 4.98 Å². The number of piperazine rings is 1. The predicted molar refractivity (Wildman–Crippen MR) is 121 cm³/mol. The number of nitrogens with zero attached hydrogens (tertiary/aromatic N) is 3. The molecule has 1 fully saturated rings. The average Bonchev–Trinajstić information content (AvgIpc) is 3.21. The Hall–Kier alpha value is -2.38. The number of ether oxygens (including phenoxy) is 2. The maximum absolute atomic E-state index is 12.6. The minimum atomic E-state index is 0.0358. The van der Waals surface area contributed by atoms with Crippen molar-refractivity contribution in [3.05, 3.63) is 45.9 Å². The number of aromatic nitrogens is 1. The quantitative estimate of drug-likeness (QED) is 0.654. The monoisotopic (exact) mass is 429 g/mol. The molecule has 3 rings (SSSR count). The summed E-state index contributed by atoms with van der Waals surface area (Å²) in [6.45, 7) is 10.6. The molecule has 0 radical (unpaired) electrons. The molecule has 6 nitrogen and oxygen atoms in total. The third-order valence-electron chi connectivity index (χ3n) is 5.19. The molecule has 1 aliphatic heterocycles. The molecule has 2 heterocycles. The summed E-state index contributed by atoms with van der Waals surface area (Å²) in [5.74, 6) is 1.36. The Bertz CT molecular complexity index is 893. The van der Waals surface area contributed by atoms with E-state index in [0.717, 1.165) is 49.0 Å². The molecule has 1 amide bonds. The van der Waals surface area contributed by atoms with Crippen LogP contribution in [0.1, 0.15) is 37.0 Å². The van der Waals surface area contributed by atoms with Crippen molar-refractivity contribution in [2.75, 3.05) is 40.4 Å². The van der Waals surface area contributed by atoms with E-state index in [-0.39, 0.29) is 11.3 Å². The SMILES string of the molecule is COc1ccc(/C=C/C(=O)N2CCN(Cc3nc(C(C)(C)C)cs3)CC2)cc1OC. The Balaban J connectivity index is 1.51. The highest BCUT2D eigenvalue weighted by Gasteiger charge is 2.22. The van der Waals surface area contributed by atoms with Crippen molar-refractivity contribution in [3.8, 4) is 11.5 Å². The lowest BCUT2D eigenvalue weighted by atomic mass is 9.93. The number of thiazole rings is 1. The third-order valence-corrected chi connectivity index (χ3v) is 6.02. The second kappa shape index (κ2) is 9.62. The highest BCUT2D eigenvalue weighted by Crippen LogP contribution is 2.28. The molecule has 0 atom stereocenters. The zero-order valence-corrected chi connectivity index (χ0v) is 19.3. The first-order valence-corrected chi connectivity index (χ1v) is 11.0. The van der Waals surface area contributed by atoms with Gasteiger partial charge in [-0.1, -0.05) is 26.8 Å². The topological polar surface area (TPSA) is 54.9 Å². The van der Waals surface area contributed by atoms with E-state index in [1.165, 1.54) is 0 Å². The van der Waals surface area contributed by atoms with E-state index in [1.807, 2.05) is 29.2 Å². The molecule has 0 aliphatic carbocycles. The second-order valence-corrected chi connectivity index (χ2v) is 9.37. The van der Waals surface area contributed by atoms with Crippen LogP contribution in [0.25, 0.3) is 6.08 Å². The van der Waals surface area contributed by atoms with Crippen LogP contribution in [0, 0.1) is 0 Å². The molecule has 1 aliphatic rings. The van der Waals surface area contributed by atoms with Gasteiger partial charge in [-0.2, -0.15) is 0 Å². The maximum Gasteiger partial charge on any atom is 0.246 e. The summed E-state index contributed by atoms with van der Waals surface area (Å²) in [6, 6.07) is 5.61. The van der Waals surface area contributed by atoms with Crippen molar-refractivity contribution in [2.45, 2.75) is 32.7 Å². The smallest absolute Gasteiger partial charge is 0.246 e. The molecule has 1 aromatic heterocycles. The van der Waals surface area contributed by atoms with Gasteiger partial charge in [0, 0.05) is 43.1 Å². The van der Waals surface area contributed by atoms with E-state index in [9.17, 15) is 4.79 Å². The van der Waals surface area contributed by atoms with Crippen molar-refractivity contribution >= 4 is 23.3 Å². The van der Waals surface area contributed by atoms with Gasteiger partial charge in [0.05, 0.1) is 26.5 Å². The van der Waals surface area contributed by atoms with Gasteiger partial charge in [-0.15, -0.1) is 11.3 Å². The van der Waals surface area contributed by atoms with E-state index in [0.29, 0.717) is 11.5 Å². The van der Waals surface area contributed by atoms with Gasteiger partial charge < -0.3 is 14.4 Å². The molecule has 0 bridgehead atoms. The van der Waals surface area contributed by atoms with Gasteiger partial charge in [0.1, 0.15) is 5.01 Å². The number of hydrogen-bond acceptors (Lipinski definition) is 6. The molecular formula is C23H31N3O3S. The number of benzene rings is 1. The number of methoxy groups -OCH3 is 2. The van der Waals surface area contributed by atoms with Crippen molar-refractivity contribution in [3.63, 3.8) is 0 Å². The lowest BCUT2D eigenvalue weighted by Gasteiger charge is -2.33. The van der Waals surface area contributed by atoms with E-state index in [1.54, 1.807) is 31.6 Å². The first-order valence-electron chi connectivity index (χ1n) is 10.2. The minimum Gasteiger partial charge on any atom is -0.493 e. The highest BCUT2D eigenvalue weighted by molar-refractivity contribution is 7.09. The zero-order chi connectivity index (χ0) is 21.7. The number of carbonyl (C=O) groups excluding carboxylic acids is 1. The fourth-order valence-corrected chi connectivity index (χ4v) is 4.34. The number of amides is 1. The Labute approximate surface area is 183 Å². The number of hydrogen-bond donors (Lipinski definition) is 0. The van der Waals surface area contributed by atoms with Crippen LogP contribution in [-0.2, 0) is 16.8 Å². The molecule has 0 spiro atoms. The summed E-state index contributed by atoms with van der Waals surface area (Å²) in [6.07, 6.45) is 3.45. The van der Waals surface area contributed by atoms with Gasteiger partial charge in [0.15, 0.2) is 11.5 Å². The van der Waals surface area contributed by atoms with Crippen LogP contribution in [0.4, 0.5) is 0 Å². The Morgan fingerprint density at radius 2 is 1.83 bits per heavy atom.